The molecule has 4 heteroatoms. The lowest BCUT2D eigenvalue weighted by Crippen LogP contribution is -2.16. The van der Waals surface area contributed by atoms with E-state index in [4.69, 9.17) is 10.5 Å². The van der Waals surface area contributed by atoms with Crippen LogP contribution in [0, 0.1) is 6.92 Å². The second-order valence-electron chi connectivity index (χ2n) is 4.20. The van der Waals surface area contributed by atoms with Gasteiger partial charge in [-0.25, -0.2) is 0 Å². The molecule has 2 aromatic rings. The highest BCUT2D eigenvalue weighted by Crippen LogP contribution is 2.34. The van der Waals surface area contributed by atoms with Gasteiger partial charge in [0.25, 0.3) is 0 Å². The van der Waals surface area contributed by atoms with Crippen molar-refractivity contribution in [3.05, 3.63) is 34.7 Å². The zero-order valence-electron chi connectivity index (χ0n) is 10.6. The zero-order valence-corrected chi connectivity index (χ0v) is 11.4. The monoisotopic (exact) mass is 263 g/mol. The van der Waals surface area contributed by atoms with Crippen molar-refractivity contribution in [2.45, 2.75) is 26.3 Å². The number of aryl methyl sites for hydroxylation is 1. The first kappa shape index (κ1) is 13.1. The van der Waals surface area contributed by atoms with Gasteiger partial charge < -0.3 is 10.5 Å². The Balaban J connectivity index is 2.25. The van der Waals surface area contributed by atoms with Crippen LogP contribution in [0.1, 0.15) is 29.8 Å². The minimum atomic E-state index is -0.276. The molecule has 2 rings (SSSR count). The van der Waals surface area contributed by atoms with Gasteiger partial charge in [0.2, 0.25) is 0 Å². The van der Waals surface area contributed by atoms with Crippen LogP contribution in [0.5, 0.6) is 0 Å². The molecule has 1 aromatic carbocycles. The molecule has 2 N–H and O–H groups in total. The number of hydrogen-bond acceptors (Lipinski definition) is 4. The van der Waals surface area contributed by atoms with Crippen molar-refractivity contribution in [1.82, 2.24) is 0 Å². The van der Waals surface area contributed by atoms with E-state index in [0.29, 0.717) is 6.61 Å². The summed E-state index contributed by atoms with van der Waals surface area (Å²) in [5.41, 5.74) is 7.27. The largest absolute Gasteiger partial charge is 0.466 e. The van der Waals surface area contributed by atoms with Crippen LogP contribution in [0.15, 0.2) is 24.3 Å². The fourth-order valence-electron chi connectivity index (χ4n) is 2.04. The molecular formula is C14H17NO2S. The highest BCUT2D eigenvalue weighted by Gasteiger charge is 2.18. The number of benzene rings is 1. The average molecular weight is 263 g/mol. The molecule has 0 bridgehead atoms. The Hall–Kier alpha value is -1.39. The molecule has 0 aliphatic heterocycles. The van der Waals surface area contributed by atoms with E-state index in [2.05, 4.69) is 19.1 Å². The van der Waals surface area contributed by atoms with E-state index in [9.17, 15) is 4.79 Å². The third-order valence-electron chi connectivity index (χ3n) is 2.91. The lowest BCUT2D eigenvalue weighted by atomic mass is 10.1. The van der Waals surface area contributed by atoms with Gasteiger partial charge in [-0.15, -0.1) is 11.3 Å². The van der Waals surface area contributed by atoms with E-state index in [1.807, 2.05) is 12.1 Å². The van der Waals surface area contributed by atoms with E-state index in [1.54, 1.807) is 18.3 Å². The van der Waals surface area contributed by atoms with E-state index in [1.165, 1.54) is 15.6 Å². The first-order chi connectivity index (χ1) is 8.63. The van der Waals surface area contributed by atoms with E-state index >= 15 is 0 Å². The second kappa shape index (κ2) is 5.50. The molecule has 1 atom stereocenters. The molecule has 0 saturated heterocycles. The molecule has 0 fully saturated rings. The summed E-state index contributed by atoms with van der Waals surface area (Å²) in [7, 11) is 0. The predicted octanol–water partition coefficient (Wildman–Crippen LogP) is 3.16. The molecule has 0 saturated carbocycles. The van der Waals surface area contributed by atoms with Crippen LogP contribution in [0.25, 0.3) is 10.1 Å². The normalized spacial score (nSPS) is 12.6. The van der Waals surface area contributed by atoms with Gasteiger partial charge in [0.05, 0.1) is 13.0 Å². The number of nitrogens with two attached hydrogens (primary N) is 1. The molecule has 1 heterocycles. The summed E-state index contributed by atoms with van der Waals surface area (Å²) in [6, 6.07) is 7.91. The van der Waals surface area contributed by atoms with Crippen molar-refractivity contribution >= 4 is 27.4 Å². The smallest absolute Gasteiger partial charge is 0.307 e. The van der Waals surface area contributed by atoms with Crippen LogP contribution < -0.4 is 5.73 Å². The summed E-state index contributed by atoms with van der Waals surface area (Å²) in [5, 5.41) is 1.22. The lowest BCUT2D eigenvalue weighted by molar-refractivity contribution is -0.143. The van der Waals surface area contributed by atoms with Crippen molar-refractivity contribution in [2.24, 2.45) is 5.73 Å². The standard InChI is InChI=1S/C14H17NO2S/c1-3-17-13(16)8-11(15)14-9(2)10-6-4-5-7-12(10)18-14/h4-7,11H,3,8,15H2,1-2H3. The van der Waals surface area contributed by atoms with Crippen LogP contribution in [-0.4, -0.2) is 12.6 Å². The zero-order chi connectivity index (χ0) is 13.1. The Labute approximate surface area is 111 Å². The van der Waals surface area contributed by atoms with Gasteiger partial charge in [-0.3, -0.25) is 4.79 Å². The van der Waals surface area contributed by atoms with Gasteiger partial charge in [0.15, 0.2) is 0 Å². The van der Waals surface area contributed by atoms with Gasteiger partial charge in [0.1, 0.15) is 0 Å². The van der Waals surface area contributed by atoms with E-state index in [-0.39, 0.29) is 18.4 Å². The molecule has 0 radical (unpaired) electrons. The highest BCUT2D eigenvalue weighted by atomic mass is 32.1. The van der Waals surface area contributed by atoms with Crippen molar-refractivity contribution < 1.29 is 9.53 Å². The van der Waals surface area contributed by atoms with Crippen LogP contribution in [0.4, 0.5) is 0 Å². The van der Waals surface area contributed by atoms with Crippen LogP contribution in [-0.2, 0) is 9.53 Å². The molecule has 1 aromatic heterocycles. The lowest BCUT2D eigenvalue weighted by Gasteiger charge is -2.10. The molecule has 18 heavy (non-hydrogen) atoms. The third kappa shape index (κ3) is 2.54. The summed E-state index contributed by atoms with van der Waals surface area (Å²) in [5.74, 6) is -0.234. The number of carbonyl (C=O) groups is 1. The molecule has 0 aliphatic carbocycles. The van der Waals surface area contributed by atoms with E-state index in [0.717, 1.165) is 4.88 Å². The number of thiophene rings is 1. The van der Waals surface area contributed by atoms with Crippen molar-refractivity contribution in [3.63, 3.8) is 0 Å². The summed E-state index contributed by atoms with van der Waals surface area (Å²) >= 11 is 1.66. The minimum Gasteiger partial charge on any atom is -0.466 e. The van der Waals surface area contributed by atoms with Crippen molar-refractivity contribution in [2.75, 3.05) is 6.61 Å². The number of ether oxygens (including phenoxy) is 1. The molecule has 0 amide bonds. The Kier molecular flexibility index (Phi) is 3.99. The van der Waals surface area contributed by atoms with Crippen LogP contribution >= 0.6 is 11.3 Å². The average Bonchev–Trinajstić information content (AvgIpc) is 2.68. The number of fused-ring (bicyclic) bond motifs is 1. The first-order valence-corrected chi connectivity index (χ1v) is 6.84. The van der Waals surface area contributed by atoms with Gasteiger partial charge in [-0.1, -0.05) is 18.2 Å². The van der Waals surface area contributed by atoms with Gasteiger partial charge >= 0.3 is 5.97 Å². The first-order valence-electron chi connectivity index (χ1n) is 6.02. The number of rotatable bonds is 4. The molecule has 1 unspecified atom stereocenters. The van der Waals surface area contributed by atoms with Crippen molar-refractivity contribution in [1.29, 1.82) is 0 Å². The summed E-state index contributed by atoms with van der Waals surface area (Å²) < 4.78 is 6.15. The maximum absolute atomic E-state index is 11.5. The quantitative estimate of drug-likeness (QED) is 0.862. The summed E-state index contributed by atoms with van der Waals surface area (Å²) in [4.78, 5) is 12.5. The Morgan fingerprint density at radius 1 is 1.44 bits per heavy atom. The Bertz CT molecular complexity index is 562. The topological polar surface area (TPSA) is 52.3 Å². The number of carbonyl (C=O) groups excluding carboxylic acids is 1. The van der Waals surface area contributed by atoms with Crippen LogP contribution in [0.2, 0.25) is 0 Å². The Morgan fingerprint density at radius 2 is 2.17 bits per heavy atom. The van der Waals surface area contributed by atoms with Gasteiger partial charge in [0, 0.05) is 15.6 Å². The van der Waals surface area contributed by atoms with Crippen molar-refractivity contribution in [3.8, 4) is 0 Å². The summed E-state index contributed by atoms with van der Waals surface area (Å²) in [6.45, 7) is 4.25. The molecule has 0 aliphatic rings. The maximum Gasteiger partial charge on any atom is 0.307 e. The third-order valence-corrected chi connectivity index (χ3v) is 4.31. The second-order valence-corrected chi connectivity index (χ2v) is 5.29. The summed E-state index contributed by atoms with van der Waals surface area (Å²) in [6.07, 6.45) is 0.238. The SMILES string of the molecule is CCOC(=O)CC(N)c1sc2ccccc2c1C. The van der Waals surface area contributed by atoms with Crippen LogP contribution in [0.3, 0.4) is 0 Å². The van der Waals surface area contributed by atoms with E-state index < -0.39 is 0 Å². The Morgan fingerprint density at radius 3 is 2.83 bits per heavy atom. The number of esters is 1. The molecular weight excluding hydrogens is 246 g/mol. The molecule has 96 valence electrons. The van der Waals surface area contributed by atoms with Gasteiger partial charge in [-0.2, -0.15) is 0 Å². The minimum absolute atomic E-state index is 0.234. The number of hydrogen-bond donors (Lipinski definition) is 1. The fourth-order valence-corrected chi connectivity index (χ4v) is 3.25. The predicted molar refractivity (Wildman–Crippen MR) is 74.7 cm³/mol. The maximum atomic E-state index is 11.5. The molecule has 0 spiro atoms. The molecule has 3 nitrogen and oxygen atoms in total. The highest BCUT2D eigenvalue weighted by molar-refractivity contribution is 7.19. The van der Waals surface area contributed by atoms with Gasteiger partial charge in [-0.05, 0) is 30.9 Å². The fraction of sp³-hybridized carbons (Fsp3) is 0.357.